The molecule has 2 heterocycles. The molecule has 21 heavy (non-hydrogen) atoms. The van der Waals surface area contributed by atoms with Crippen LogP contribution in [0.15, 0.2) is 35.7 Å². The lowest BCUT2D eigenvalue weighted by Crippen LogP contribution is -2.51. The van der Waals surface area contributed by atoms with E-state index in [9.17, 15) is 8.42 Å². The van der Waals surface area contributed by atoms with Crippen molar-refractivity contribution in [1.29, 1.82) is 0 Å². The first-order valence-electron chi connectivity index (χ1n) is 6.25. The van der Waals surface area contributed by atoms with Crippen molar-refractivity contribution in [2.75, 3.05) is 13.1 Å². The molecular formula is C12H12Cl2N4O2S. The summed E-state index contributed by atoms with van der Waals surface area (Å²) in [6.07, 6.45) is 3.07. The number of nitrogens with zero attached hydrogens (tertiary/aromatic N) is 4. The molecule has 2 aromatic rings. The van der Waals surface area contributed by atoms with Crippen LogP contribution in [0.5, 0.6) is 0 Å². The van der Waals surface area contributed by atoms with Crippen molar-refractivity contribution in [2.45, 2.75) is 11.4 Å². The van der Waals surface area contributed by atoms with E-state index in [0.29, 0.717) is 19.6 Å². The van der Waals surface area contributed by atoms with E-state index in [1.54, 1.807) is 17.1 Å². The molecule has 0 radical (unpaired) electrons. The fraction of sp³-hybridized carbons (Fsp3) is 0.333. The largest absolute Gasteiger partial charge is 0.253 e. The van der Waals surface area contributed by atoms with E-state index in [0.717, 1.165) is 0 Å². The standard InChI is InChI=1S/C12H12Cl2N4O2S/c13-10-2-1-3-11(14)12(10)21(19,20)18-5-9(6-18)4-17-8-15-7-16-17/h1-3,7-9H,4-6H2. The summed E-state index contributed by atoms with van der Waals surface area (Å²) < 4.78 is 28.1. The molecule has 1 aromatic carbocycles. The zero-order valence-corrected chi connectivity index (χ0v) is 13.2. The van der Waals surface area contributed by atoms with E-state index < -0.39 is 10.0 Å². The van der Waals surface area contributed by atoms with Crippen LogP contribution in [0, 0.1) is 5.92 Å². The molecule has 0 atom stereocenters. The second kappa shape index (κ2) is 5.57. The third-order valence-corrected chi connectivity index (χ3v) is 6.14. The summed E-state index contributed by atoms with van der Waals surface area (Å²) in [5.41, 5.74) is 0. The normalized spacial score (nSPS) is 16.9. The maximum atomic E-state index is 12.5. The van der Waals surface area contributed by atoms with Crippen LogP contribution < -0.4 is 0 Å². The van der Waals surface area contributed by atoms with Gasteiger partial charge in [-0.15, -0.1) is 0 Å². The lowest BCUT2D eigenvalue weighted by Gasteiger charge is -2.38. The van der Waals surface area contributed by atoms with Crippen molar-refractivity contribution < 1.29 is 8.42 Å². The summed E-state index contributed by atoms with van der Waals surface area (Å²) >= 11 is 12.0. The maximum absolute atomic E-state index is 12.5. The molecule has 0 aliphatic carbocycles. The van der Waals surface area contributed by atoms with Crippen LogP contribution in [-0.4, -0.2) is 40.6 Å². The van der Waals surface area contributed by atoms with E-state index in [4.69, 9.17) is 23.2 Å². The summed E-state index contributed by atoms with van der Waals surface area (Å²) in [6, 6.07) is 4.66. The Morgan fingerprint density at radius 1 is 1.24 bits per heavy atom. The molecule has 0 spiro atoms. The molecule has 1 saturated heterocycles. The predicted molar refractivity (Wildman–Crippen MR) is 78.7 cm³/mol. The number of sulfonamides is 1. The Hall–Kier alpha value is -1.15. The van der Waals surface area contributed by atoms with Crippen LogP contribution in [0.1, 0.15) is 0 Å². The zero-order chi connectivity index (χ0) is 15.0. The zero-order valence-electron chi connectivity index (χ0n) is 10.9. The monoisotopic (exact) mass is 346 g/mol. The minimum atomic E-state index is -3.65. The molecule has 1 aliphatic heterocycles. The number of hydrogen-bond donors (Lipinski definition) is 0. The van der Waals surface area contributed by atoms with Gasteiger partial charge in [0.15, 0.2) is 0 Å². The van der Waals surface area contributed by atoms with Gasteiger partial charge in [-0.3, -0.25) is 4.68 Å². The summed E-state index contributed by atoms with van der Waals surface area (Å²) in [6.45, 7) is 1.48. The van der Waals surface area contributed by atoms with Gasteiger partial charge in [-0.05, 0) is 12.1 Å². The number of hydrogen-bond acceptors (Lipinski definition) is 4. The van der Waals surface area contributed by atoms with Gasteiger partial charge in [0.2, 0.25) is 10.0 Å². The van der Waals surface area contributed by atoms with Crippen LogP contribution in [0.4, 0.5) is 0 Å². The Balaban J connectivity index is 1.73. The quantitative estimate of drug-likeness (QED) is 0.847. The van der Waals surface area contributed by atoms with Crippen LogP contribution in [0.25, 0.3) is 0 Å². The SMILES string of the molecule is O=S(=O)(c1c(Cl)cccc1Cl)N1CC(Cn2cncn2)C1. The average molecular weight is 347 g/mol. The van der Waals surface area contributed by atoms with E-state index in [1.807, 2.05) is 0 Å². The molecule has 112 valence electrons. The first-order valence-corrected chi connectivity index (χ1v) is 8.44. The lowest BCUT2D eigenvalue weighted by molar-refractivity contribution is 0.175. The number of rotatable bonds is 4. The van der Waals surface area contributed by atoms with Gasteiger partial charge in [0, 0.05) is 25.6 Å². The molecule has 6 nitrogen and oxygen atoms in total. The molecule has 1 aliphatic rings. The molecule has 0 unspecified atom stereocenters. The van der Waals surface area contributed by atoms with Crippen molar-refractivity contribution in [3.8, 4) is 0 Å². The summed E-state index contributed by atoms with van der Waals surface area (Å²) in [4.78, 5) is 3.84. The van der Waals surface area contributed by atoms with Gasteiger partial charge in [0.05, 0.1) is 10.0 Å². The van der Waals surface area contributed by atoms with Crippen LogP contribution in [0.2, 0.25) is 10.0 Å². The topological polar surface area (TPSA) is 68.1 Å². The first kappa shape index (κ1) is 14.8. The first-order chi connectivity index (χ1) is 9.98. The van der Waals surface area contributed by atoms with Gasteiger partial charge in [-0.1, -0.05) is 29.3 Å². The van der Waals surface area contributed by atoms with E-state index in [1.165, 1.54) is 22.8 Å². The highest BCUT2D eigenvalue weighted by Gasteiger charge is 2.38. The Morgan fingerprint density at radius 2 is 1.90 bits per heavy atom. The molecule has 1 aromatic heterocycles. The Kier molecular flexibility index (Phi) is 3.92. The molecule has 9 heteroatoms. The van der Waals surface area contributed by atoms with Crippen LogP contribution >= 0.6 is 23.2 Å². The fourth-order valence-electron chi connectivity index (χ4n) is 2.28. The lowest BCUT2D eigenvalue weighted by atomic mass is 10.0. The van der Waals surface area contributed by atoms with Gasteiger partial charge < -0.3 is 0 Å². The van der Waals surface area contributed by atoms with Crippen LogP contribution in [-0.2, 0) is 16.6 Å². The van der Waals surface area contributed by atoms with Gasteiger partial charge in [0.1, 0.15) is 17.6 Å². The third-order valence-electron chi connectivity index (χ3n) is 3.35. The van der Waals surface area contributed by atoms with Crippen molar-refractivity contribution >= 4 is 33.2 Å². The summed E-state index contributed by atoms with van der Waals surface area (Å²) in [5.74, 6) is 0.211. The van der Waals surface area contributed by atoms with Gasteiger partial charge in [-0.2, -0.15) is 9.40 Å². The van der Waals surface area contributed by atoms with Crippen molar-refractivity contribution in [3.63, 3.8) is 0 Å². The highest BCUT2D eigenvalue weighted by molar-refractivity contribution is 7.89. The summed E-state index contributed by atoms with van der Waals surface area (Å²) in [5, 5.41) is 4.29. The molecule has 0 saturated carbocycles. The van der Waals surface area contributed by atoms with Gasteiger partial charge in [0.25, 0.3) is 0 Å². The number of halogens is 2. The minimum absolute atomic E-state index is 0.0208. The second-order valence-corrected chi connectivity index (χ2v) is 7.55. The van der Waals surface area contributed by atoms with E-state index in [-0.39, 0.29) is 20.9 Å². The minimum Gasteiger partial charge on any atom is -0.253 e. The highest BCUT2D eigenvalue weighted by atomic mass is 35.5. The second-order valence-electron chi connectivity index (χ2n) is 4.86. The van der Waals surface area contributed by atoms with Crippen molar-refractivity contribution in [3.05, 3.63) is 40.9 Å². The van der Waals surface area contributed by atoms with Crippen molar-refractivity contribution in [2.24, 2.45) is 5.92 Å². The predicted octanol–water partition coefficient (Wildman–Crippen LogP) is 1.91. The average Bonchev–Trinajstić information content (AvgIpc) is 2.85. The molecule has 1 fully saturated rings. The Bertz CT molecular complexity index is 722. The highest BCUT2D eigenvalue weighted by Crippen LogP contribution is 2.34. The van der Waals surface area contributed by atoms with E-state index >= 15 is 0 Å². The molecular weight excluding hydrogens is 335 g/mol. The van der Waals surface area contributed by atoms with Crippen molar-refractivity contribution in [1.82, 2.24) is 19.1 Å². The maximum Gasteiger partial charge on any atom is 0.246 e. The van der Waals surface area contributed by atoms with Gasteiger partial charge >= 0.3 is 0 Å². The smallest absolute Gasteiger partial charge is 0.246 e. The number of aromatic nitrogens is 3. The third kappa shape index (κ3) is 2.78. The Morgan fingerprint density at radius 3 is 2.48 bits per heavy atom. The van der Waals surface area contributed by atoms with Gasteiger partial charge in [-0.25, -0.2) is 13.4 Å². The molecule has 3 rings (SSSR count). The molecule has 0 N–H and O–H groups in total. The Labute approximate surface area is 132 Å². The number of benzene rings is 1. The molecule has 0 amide bonds. The molecule has 0 bridgehead atoms. The van der Waals surface area contributed by atoms with Crippen LogP contribution in [0.3, 0.4) is 0 Å². The summed E-state index contributed by atoms with van der Waals surface area (Å²) in [7, 11) is -3.65. The van der Waals surface area contributed by atoms with E-state index in [2.05, 4.69) is 10.1 Å². The fourth-order valence-corrected chi connectivity index (χ4v) is 4.97.